The largest absolute Gasteiger partial charge is 0.323 e. The molecule has 0 aliphatic heterocycles. The van der Waals surface area contributed by atoms with E-state index in [1.807, 2.05) is 0 Å². The third-order valence-corrected chi connectivity index (χ3v) is 3.15. The number of halogens is 1. The Morgan fingerprint density at radius 2 is 1.95 bits per heavy atom. The van der Waals surface area contributed by atoms with Crippen LogP contribution in [0.2, 0.25) is 5.02 Å². The van der Waals surface area contributed by atoms with Crippen molar-refractivity contribution in [3.8, 4) is 11.4 Å². The van der Waals surface area contributed by atoms with Gasteiger partial charge in [-0.15, -0.1) is 10.2 Å². The van der Waals surface area contributed by atoms with Gasteiger partial charge in [-0.25, -0.2) is 0 Å². The van der Waals surface area contributed by atoms with E-state index < -0.39 is 0 Å². The Hall–Kier alpha value is -2.80. The fourth-order valence-electron chi connectivity index (χ4n) is 1.81. The molecule has 110 valence electrons. The van der Waals surface area contributed by atoms with E-state index in [0.29, 0.717) is 16.5 Å². The summed E-state index contributed by atoms with van der Waals surface area (Å²) in [7, 11) is 0. The highest BCUT2D eigenvalue weighted by Crippen LogP contribution is 2.20. The van der Waals surface area contributed by atoms with Gasteiger partial charge in [0.05, 0.1) is 10.7 Å². The normalized spacial score (nSPS) is 10.4. The Kier molecular flexibility index (Phi) is 4.06. The minimum absolute atomic E-state index is 0.0523. The SMILES string of the molecule is O=C(Cn1nnc(-c2ccncc2)n1)Nc1ccccc1Cl. The molecule has 2 aromatic heterocycles. The molecule has 2 heterocycles. The molecule has 22 heavy (non-hydrogen) atoms. The maximum Gasteiger partial charge on any atom is 0.248 e. The molecule has 0 unspecified atom stereocenters. The monoisotopic (exact) mass is 314 g/mol. The van der Waals surface area contributed by atoms with Crippen LogP contribution in [0.4, 0.5) is 5.69 Å². The van der Waals surface area contributed by atoms with E-state index in [4.69, 9.17) is 11.6 Å². The summed E-state index contributed by atoms with van der Waals surface area (Å²) in [5.74, 6) is 0.153. The van der Waals surface area contributed by atoms with E-state index in [9.17, 15) is 4.79 Å². The molecule has 0 bridgehead atoms. The number of carbonyl (C=O) groups is 1. The summed E-state index contributed by atoms with van der Waals surface area (Å²) in [4.78, 5) is 17.1. The summed E-state index contributed by atoms with van der Waals surface area (Å²) in [6.07, 6.45) is 3.28. The number of tetrazole rings is 1. The molecule has 1 N–H and O–H groups in total. The lowest BCUT2D eigenvalue weighted by Crippen LogP contribution is -2.20. The quantitative estimate of drug-likeness (QED) is 0.796. The maximum atomic E-state index is 12.0. The summed E-state index contributed by atoms with van der Waals surface area (Å²) < 4.78 is 0. The van der Waals surface area contributed by atoms with Crippen molar-refractivity contribution in [2.45, 2.75) is 6.54 Å². The number of anilines is 1. The van der Waals surface area contributed by atoms with E-state index in [0.717, 1.165) is 5.56 Å². The van der Waals surface area contributed by atoms with Gasteiger partial charge in [-0.2, -0.15) is 4.80 Å². The molecule has 1 amide bonds. The Morgan fingerprint density at radius 3 is 2.73 bits per heavy atom. The fourth-order valence-corrected chi connectivity index (χ4v) is 1.99. The Morgan fingerprint density at radius 1 is 1.18 bits per heavy atom. The van der Waals surface area contributed by atoms with Gasteiger partial charge < -0.3 is 5.32 Å². The number of nitrogens with zero attached hydrogens (tertiary/aromatic N) is 5. The van der Waals surface area contributed by atoms with Crippen molar-refractivity contribution in [1.29, 1.82) is 0 Å². The van der Waals surface area contributed by atoms with E-state index in [-0.39, 0.29) is 12.5 Å². The van der Waals surface area contributed by atoms with Gasteiger partial charge in [0.15, 0.2) is 0 Å². The zero-order valence-corrected chi connectivity index (χ0v) is 12.1. The smallest absolute Gasteiger partial charge is 0.248 e. The lowest BCUT2D eigenvalue weighted by molar-refractivity contribution is -0.117. The summed E-state index contributed by atoms with van der Waals surface area (Å²) in [6.45, 7) is -0.0523. The minimum Gasteiger partial charge on any atom is -0.323 e. The van der Waals surface area contributed by atoms with Crippen molar-refractivity contribution in [3.05, 3.63) is 53.8 Å². The number of carbonyl (C=O) groups excluding carboxylic acids is 1. The zero-order chi connectivity index (χ0) is 15.4. The molecule has 8 heteroatoms. The number of amides is 1. The van der Waals surface area contributed by atoms with Crippen LogP contribution in [0, 0.1) is 0 Å². The first kappa shape index (κ1) is 14.2. The van der Waals surface area contributed by atoms with E-state index in [2.05, 4.69) is 25.7 Å². The van der Waals surface area contributed by atoms with Crippen molar-refractivity contribution in [1.82, 2.24) is 25.2 Å². The van der Waals surface area contributed by atoms with Crippen molar-refractivity contribution in [2.75, 3.05) is 5.32 Å². The summed E-state index contributed by atoms with van der Waals surface area (Å²) in [5.41, 5.74) is 1.33. The third kappa shape index (κ3) is 3.26. The number of para-hydroxylation sites is 1. The molecule has 0 saturated heterocycles. The molecular formula is C14H11ClN6O. The summed E-state index contributed by atoms with van der Waals surface area (Å²) >= 11 is 5.98. The van der Waals surface area contributed by atoms with Crippen molar-refractivity contribution in [3.63, 3.8) is 0 Å². The third-order valence-electron chi connectivity index (χ3n) is 2.82. The van der Waals surface area contributed by atoms with Crippen LogP contribution in [0.1, 0.15) is 0 Å². The molecule has 0 atom stereocenters. The Labute approximate surface area is 130 Å². The Balaban J connectivity index is 1.68. The predicted molar refractivity (Wildman–Crippen MR) is 81.1 cm³/mol. The van der Waals surface area contributed by atoms with Crippen LogP contribution >= 0.6 is 11.6 Å². The first-order valence-electron chi connectivity index (χ1n) is 6.45. The average molecular weight is 315 g/mol. The van der Waals surface area contributed by atoms with E-state index in [1.54, 1.807) is 48.8 Å². The summed E-state index contributed by atoms with van der Waals surface area (Å²) in [5, 5.41) is 15.1. The molecule has 0 radical (unpaired) electrons. The van der Waals surface area contributed by atoms with Crippen LogP contribution in [0.5, 0.6) is 0 Å². The van der Waals surface area contributed by atoms with Gasteiger partial charge in [0.25, 0.3) is 0 Å². The fraction of sp³-hybridized carbons (Fsp3) is 0.0714. The standard InChI is InChI=1S/C14H11ClN6O/c15-11-3-1-2-4-12(11)17-13(22)9-21-19-14(18-20-21)10-5-7-16-8-6-10/h1-8H,9H2,(H,17,22). The average Bonchev–Trinajstić information content (AvgIpc) is 2.99. The molecule has 0 spiro atoms. The van der Waals surface area contributed by atoms with Crippen molar-refractivity contribution < 1.29 is 4.79 Å². The lowest BCUT2D eigenvalue weighted by atomic mass is 10.3. The van der Waals surface area contributed by atoms with Gasteiger partial charge in [0.1, 0.15) is 6.54 Å². The maximum absolute atomic E-state index is 12.0. The number of pyridine rings is 1. The van der Waals surface area contributed by atoms with Gasteiger partial charge >= 0.3 is 0 Å². The molecule has 0 aliphatic rings. The molecule has 3 rings (SSSR count). The molecule has 0 saturated carbocycles. The van der Waals surface area contributed by atoms with E-state index in [1.165, 1.54) is 4.80 Å². The van der Waals surface area contributed by atoms with Crippen LogP contribution < -0.4 is 5.32 Å². The molecule has 3 aromatic rings. The molecule has 1 aromatic carbocycles. The second-order valence-corrected chi connectivity index (χ2v) is 4.81. The number of hydrogen-bond acceptors (Lipinski definition) is 5. The van der Waals surface area contributed by atoms with Crippen LogP contribution in [-0.4, -0.2) is 31.1 Å². The second kappa shape index (κ2) is 6.31. The predicted octanol–water partition coefficient (Wildman–Crippen LogP) is 2.03. The number of aromatic nitrogens is 5. The van der Waals surface area contributed by atoms with Crippen LogP contribution in [-0.2, 0) is 11.3 Å². The van der Waals surface area contributed by atoms with Gasteiger partial charge in [-0.1, -0.05) is 23.7 Å². The molecular weight excluding hydrogens is 304 g/mol. The topological polar surface area (TPSA) is 85.6 Å². The Bertz CT molecular complexity index is 789. The second-order valence-electron chi connectivity index (χ2n) is 4.41. The van der Waals surface area contributed by atoms with Gasteiger partial charge in [-0.3, -0.25) is 9.78 Å². The molecule has 7 nitrogen and oxygen atoms in total. The van der Waals surface area contributed by atoms with Gasteiger partial charge in [0, 0.05) is 18.0 Å². The lowest BCUT2D eigenvalue weighted by Gasteiger charge is -2.05. The highest BCUT2D eigenvalue weighted by atomic mass is 35.5. The number of rotatable bonds is 4. The van der Waals surface area contributed by atoms with Crippen molar-refractivity contribution >= 4 is 23.2 Å². The summed E-state index contributed by atoms with van der Waals surface area (Å²) in [6, 6.07) is 10.5. The van der Waals surface area contributed by atoms with Crippen LogP contribution in [0.3, 0.4) is 0 Å². The van der Waals surface area contributed by atoms with E-state index >= 15 is 0 Å². The van der Waals surface area contributed by atoms with Crippen molar-refractivity contribution in [2.24, 2.45) is 0 Å². The highest BCUT2D eigenvalue weighted by molar-refractivity contribution is 6.33. The zero-order valence-electron chi connectivity index (χ0n) is 11.3. The van der Waals surface area contributed by atoms with Crippen LogP contribution in [0.25, 0.3) is 11.4 Å². The first-order chi connectivity index (χ1) is 10.7. The number of benzene rings is 1. The number of hydrogen-bond donors (Lipinski definition) is 1. The van der Waals surface area contributed by atoms with Crippen LogP contribution in [0.15, 0.2) is 48.8 Å². The number of nitrogens with one attached hydrogen (secondary N) is 1. The molecule has 0 aliphatic carbocycles. The highest BCUT2D eigenvalue weighted by Gasteiger charge is 2.10. The van der Waals surface area contributed by atoms with Gasteiger partial charge in [-0.05, 0) is 29.5 Å². The van der Waals surface area contributed by atoms with Gasteiger partial charge in [0.2, 0.25) is 11.7 Å². The first-order valence-corrected chi connectivity index (χ1v) is 6.83. The molecule has 0 fully saturated rings. The minimum atomic E-state index is -0.285.